The van der Waals surface area contributed by atoms with Gasteiger partial charge in [-0.15, -0.1) is 0 Å². The van der Waals surface area contributed by atoms with Crippen LogP contribution in [0.3, 0.4) is 0 Å². The Morgan fingerprint density at radius 3 is 2.47 bits per heavy atom. The van der Waals surface area contributed by atoms with Gasteiger partial charge in [-0.25, -0.2) is 0 Å². The Bertz CT molecular complexity index is 523. The van der Waals surface area contributed by atoms with E-state index in [1.165, 1.54) is 0 Å². The van der Waals surface area contributed by atoms with E-state index in [1.807, 2.05) is 30.3 Å². The number of benzene rings is 2. The predicted octanol–water partition coefficient (Wildman–Crippen LogP) is 5.09. The first-order chi connectivity index (χ1) is 8.22. The molecule has 2 aromatic rings. The van der Waals surface area contributed by atoms with Crippen LogP contribution in [0, 0.1) is 0 Å². The van der Waals surface area contributed by atoms with Crippen LogP contribution in [0.25, 0.3) is 11.1 Å². The maximum Gasteiger partial charge on any atom is 0.0598 e. The van der Waals surface area contributed by atoms with Crippen molar-refractivity contribution >= 4 is 28.9 Å². The van der Waals surface area contributed by atoms with Gasteiger partial charge >= 0.3 is 0 Å². The van der Waals surface area contributed by atoms with E-state index in [-0.39, 0.29) is 0 Å². The summed E-state index contributed by atoms with van der Waals surface area (Å²) in [5.74, 6) is 0. The van der Waals surface area contributed by atoms with Crippen LogP contribution in [0.2, 0.25) is 10.0 Å². The number of anilines is 1. The third kappa shape index (κ3) is 2.74. The average Bonchev–Trinajstić information content (AvgIpc) is 2.34. The second kappa shape index (κ2) is 5.44. The van der Waals surface area contributed by atoms with Gasteiger partial charge in [-0.3, -0.25) is 0 Å². The van der Waals surface area contributed by atoms with Crippen molar-refractivity contribution in [1.82, 2.24) is 0 Å². The summed E-state index contributed by atoms with van der Waals surface area (Å²) in [5.41, 5.74) is 3.30. The minimum absolute atomic E-state index is 0.579. The van der Waals surface area contributed by atoms with E-state index < -0.39 is 0 Å². The second-order valence-electron chi connectivity index (χ2n) is 3.70. The molecule has 1 N–H and O–H groups in total. The Balaban J connectivity index is 2.48. The quantitative estimate of drug-likeness (QED) is 0.815. The predicted molar refractivity (Wildman–Crippen MR) is 76.1 cm³/mol. The van der Waals surface area contributed by atoms with Crippen molar-refractivity contribution in [2.24, 2.45) is 0 Å². The number of hydrogen-bond donors (Lipinski definition) is 1. The lowest BCUT2D eigenvalue weighted by Gasteiger charge is -2.11. The first kappa shape index (κ1) is 12.3. The van der Waals surface area contributed by atoms with Crippen molar-refractivity contribution < 1.29 is 0 Å². The van der Waals surface area contributed by atoms with Crippen LogP contribution < -0.4 is 5.32 Å². The molecular formula is C14H13Cl2N. The Morgan fingerprint density at radius 2 is 1.76 bits per heavy atom. The van der Waals surface area contributed by atoms with Crippen LogP contribution in [0.15, 0.2) is 42.5 Å². The Kier molecular flexibility index (Phi) is 3.93. The standard InChI is InChI=1S/C14H13Cl2N/c1-2-17-14-6-4-3-5-11(14)10-7-8-12(15)13(16)9-10/h3-9,17H,2H2,1H3. The fraction of sp³-hybridized carbons (Fsp3) is 0.143. The number of para-hydroxylation sites is 1. The largest absolute Gasteiger partial charge is 0.385 e. The average molecular weight is 266 g/mol. The summed E-state index contributed by atoms with van der Waals surface area (Å²) in [6.45, 7) is 2.96. The summed E-state index contributed by atoms with van der Waals surface area (Å²) in [6, 6.07) is 13.8. The van der Waals surface area contributed by atoms with Gasteiger partial charge in [0.2, 0.25) is 0 Å². The molecule has 0 aliphatic heterocycles. The molecule has 0 aliphatic carbocycles. The van der Waals surface area contributed by atoms with E-state index in [2.05, 4.69) is 24.4 Å². The van der Waals surface area contributed by atoms with Crippen molar-refractivity contribution in [2.75, 3.05) is 11.9 Å². The van der Waals surface area contributed by atoms with E-state index in [0.717, 1.165) is 23.4 Å². The molecule has 0 saturated heterocycles. The first-order valence-corrected chi connectivity index (χ1v) is 6.26. The summed E-state index contributed by atoms with van der Waals surface area (Å²) in [5, 5.41) is 4.49. The van der Waals surface area contributed by atoms with Crippen LogP contribution in [-0.4, -0.2) is 6.54 Å². The van der Waals surface area contributed by atoms with Crippen molar-refractivity contribution in [3.8, 4) is 11.1 Å². The number of nitrogens with one attached hydrogen (secondary N) is 1. The lowest BCUT2D eigenvalue weighted by molar-refractivity contribution is 1.21. The molecule has 3 heteroatoms. The van der Waals surface area contributed by atoms with Crippen molar-refractivity contribution in [3.05, 3.63) is 52.5 Å². The van der Waals surface area contributed by atoms with Gasteiger partial charge in [0.05, 0.1) is 10.0 Å². The molecule has 0 unspecified atom stereocenters. The molecular weight excluding hydrogens is 253 g/mol. The van der Waals surface area contributed by atoms with Gasteiger partial charge in [-0.1, -0.05) is 47.5 Å². The molecule has 0 aliphatic rings. The Hall–Kier alpha value is -1.18. The second-order valence-corrected chi connectivity index (χ2v) is 4.52. The zero-order chi connectivity index (χ0) is 12.3. The number of rotatable bonds is 3. The molecule has 0 spiro atoms. The van der Waals surface area contributed by atoms with Gasteiger partial charge in [-0.05, 0) is 30.7 Å². The summed E-state index contributed by atoms with van der Waals surface area (Å²) in [7, 11) is 0. The summed E-state index contributed by atoms with van der Waals surface area (Å²) < 4.78 is 0. The van der Waals surface area contributed by atoms with Gasteiger partial charge in [-0.2, -0.15) is 0 Å². The fourth-order valence-electron chi connectivity index (χ4n) is 1.74. The van der Waals surface area contributed by atoms with Crippen LogP contribution in [-0.2, 0) is 0 Å². The molecule has 1 nitrogen and oxygen atoms in total. The van der Waals surface area contributed by atoms with E-state index >= 15 is 0 Å². The normalized spacial score (nSPS) is 10.3. The van der Waals surface area contributed by atoms with E-state index in [0.29, 0.717) is 10.0 Å². The third-order valence-electron chi connectivity index (χ3n) is 2.52. The van der Waals surface area contributed by atoms with Gasteiger partial charge < -0.3 is 5.32 Å². The van der Waals surface area contributed by atoms with Crippen LogP contribution in [0.1, 0.15) is 6.92 Å². The molecule has 0 aromatic heterocycles. The number of hydrogen-bond acceptors (Lipinski definition) is 1. The van der Waals surface area contributed by atoms with Gasteiger partial charge in [0.1, 0.15) is 0 Å². The lowest BCUT2D eigenvalue weighted by atomic mass is 10.0. The molecule has 0 atom stereocenters. The van der Waals surface area contributed by atoms with Gasteiger partial charge in [0, 0.05) is 17.8 Å². The molecule has 0 radical (unpaired) electrons. The van der Waals surface area contributed by atoms with E-state index in [4.69, 9.17) is 23.2 Å². The molecule has 0 fully saturated rings. The highest BCUT2D eigenvalue weighted by Gasteiger charge is 2.05. The topological polar surface area (TPSA) is 12.0 Å². The zero-order valence-electron chi connectivity index (χ0n) is 9.50. The number of halogens is 2. The lowest BCUT2D eigenvalue weighted by Crippen LogP contribution is -1.98. The summed E-state index contributed by atoms with van der Waals surface area (Å²) in [6.07, 6.45) is 0. The third-order valence-corrected chi connectivity index (χ3v) is 3.26. The molecule has 17 heavy (non-hydrogen) atoms. The Labute approximate surface area is 111 Å². The van der Waals surface area contributed by atoms with Crippen LogP contribution in [0.4, 0.5) is 5.69 Å². The zero-order valence-corrected chi connectivity index (χ0v) is 11.0. The minimum atomic E-state index is 0.579. The van der Waals surface area contributed by atoms with Crippen molar-refractivity contribution in [3.63, 3.8) is 0 Å². The van der Waals surface area contributed by atoms with Crippen molar-refractivity contribution in [2.45, 2.75) is 6.92 Å². The monoisotopic (exact) mass is 265 g/mol. The van der Waals surface area contributed by atoms with E-state index in [1.54, 1.807) is 0 Å². The van der Waals surface area contributed by atoms with Crippen LogP contribution >= 0.6 is 23.2 Å². The Morgan fingerprint density at radius 1 is 1.00 bits per heavy atom. The molecule has 0 saturated carbocycles. The minimum Gasteiger partial charge on any atom is -0.385 e. The van der Waals surface area contributed by atoms with Crippen molar-refractivity contribution in [1.29, 1.82) is 0 Å². The van der Waals surface area contributed by atoms with Crippen LogP contribution in [0.5, 0.6) is 0 Å². The fourth-order valence-corrected chi connectivity index (χ4v) is 2.04. The maximum absolute atomic E-state index is 6.04. The SMILES string of the molecule is CCNc1ccccc1-c1ccc(Cl)c(Cl)c1. The van der Waals surface area contributed by atoms with E-state index in [9.17, 15) is 0 Å². The summed E-state index contributed by atoms with van der Waals surface area (Å²) in [4.78, 5) is 0. The molecule has 0 amide bonds. The highest BCUT2D eigenvalue weighted by atomic mass is 35.5. The first-order valence-electron chi connectivity index (χ1n) is 5.50. The molecule has 88 valence electrons. The molecule has 0 heterocycles. The molecule has 0 bridgehead atoms. The van der Waals surface area contributed by atoms with Gasteiger partial charge in [0.15, 0.2) is 0 Å². The molecule has 2 rings (SSSR count). The summed E-state index contributed by atoms with van der Waals surface area (Å²) >= 11 is 12.0. The maximum atomic E-state index is 6.04. The smallest absolute Gasteiger partial charge is 0.0598 e. The highest BCUT2D eigenvalue weighted by Crippen LogP contribution is 2.32. The molecule has 2 aromatic carbocycles. The highest BCUT2D eigenvalue weighted by molar-refractivity contribution is 6.42. The van der Waals surface area contributed by atoms with Gasteiger partial charge in [0.25, 0.3) is 0 Å².